The van der Waals surface area contributed by atoms with Crippen LogP contribution in [0.2, 0.25) is 0 Å². The van der Waals surface area contributed by atoms with Crippen molar-refractivity contribution < 1.29 is 19.2 Å². The summed E-state index contributed by atoms with van der Waals surface area (Å²) in [6, 6.07) is 0. The zero-order chi connectivity index (χ0) is 14.1. The van der Waals surface area contributed by atoms with E-state index in [1.54, 1.807) is 7.05 Å². The van der Waals surface area contributed by atoms with Crippen LogP contribution in [0.3, 0.4) is 0 Å². The standard InChI is InChI=1S/C12H22N2O4/c1-11(2,3)18-10(16)14-7-12(4,8-14)9(15)13(5)17-6/h7-8H2,1-6H3. The molecular formula is C12H22N2O4. The van der Waals surface area contributed by atoms with Crippen LogP contribution in [-0.2, 0) is 14.4 Å². The first-order valence-electron chi connectivity index (χ1n) is 5.89. The largest absolute Gasteiger partial charge is 0.444 e. The quantitative estimate of drug-likeness (QED) is 0.700. The molecule has 1 aliphatic rings. The Morgan fingerprint density at radius 2 is 1.78 bits per heavy atom. The Hall–Kier alpha value is -1.30. The lowest BCUT2D eigenvalue weighted by atomic mass is 9.81. The molecule has 0 radical (unpaired) electrons. The molecule has 0 atom stereocenters. The lowest BCUT2D eigenvalue weighted by molar-refractivity contribution is -0.187. The van der Waals surface area contributed by atoms with Gasteiger partial charge in [0.2, 0.25) is 0 Å². The monoisotopic (exact) mass is 258 g/mol. The van der Waals surface area contributed by atoms with Crippen molar-refractivity contribution in [1.29, 1.82) is 0 Å². The number of carbonyl (C=O) groups is 2. The van der Waals surface area contributed by atoms with Crippen LogP contribution in [0.25, 0.3) is 0 Å². The van der Waals surface area contributed by atoms with E-state index in [0.29, 0.717) is 13.1 Å². The summed E-state index contributed by atoms with van der Waals surface area (Å²) in [5.74, 6) is -0.134. The molecule has 1 heterocycles. The molecule has 6 nitrogen and oxygen atoms in total. The van der Waals surface area contributed by atoms with E-state index in [-0.39, 0.29) is 12.0 Å². The van der Waals surface area contributed by atoms with Crippen LogP contribution in [0.1, 0.15) is 27.7 Å². The lowest BCUT2D eigenvalue weighted by Gasteiger charge is -2.47. The highest BCUT2D eigenvalue weighted by atomic mass is 16.7. The summed E-state index contributed by atoms with van der Waals surface area (Å²) in [6.45, 7) is 7.96. The smallest absolute Gasteiger partial charge is 0.410 e. The number of hydroxylamine groups is 2. The maximum atomic E-state index is 12.0. The third-order valence-corrected chi connectivity index (χ3v) is 2.81. The number of ether oxygens (including phenoxy) is 1. The molecule has 1 saturated heterocycles. The zero-order valence-corrected chi connectivity index (χ0v) is 11.9. The van der Waals surface area contributed by atoms with Crippen LogP contribution in [0.15, 0.2) is 0 Å². The molecule has 6 heteroatoms. The molecule has 18 heavy (non-hydrogen) atoms. The number of rotatable bonds is 2. The minimum Gasteiger partial charge on any atom is -0.444 e. The van der Waals surface area contributed by atoms with Crippen molar-refractivity contribution in [2.24, 2.45) is 5.41 Å². The molecule has 0 unspecified atom stereocenters. The number of likely N-dealkylation sites (tertiary alicyclic amines) is 1. The van der Waals surface area contributed by atoms with E-state index in [1.165, 1.54) is 17.1 Å². The second-order valence-corrected chi connectivity index (χ2v) is 5.88. The van der Waals surface area contributed by atoms with E-state index in [4.69, 9.17) is 9.57 Å². The summed E-state index contributed by atoms with van der Waals surface area (Å²) in [6.07, 6.45) is -0.382. The maximum Gasteiger partial charge on any atom is 0.410 e. The predicted octanol–water partition coefficient (Wildman–Crippen LogP) is 1.26. The molecular weight excluding hydrogens is 236 g/mol. The van der Waals surface area contributed by atoms with Crippen molar-refractivity contribution in [3.63, 3.8) is 0 Å². The first kappa shape index (κ1) is 14.8. The molecule has 0 bridgehead atoms. The summed E-state index contributed by atoms with van der Waals surface area (Å²) in [4.78, 5) is 30.1. The third-order valence-electron chi connectivity index (χ3n) is 2.81. The molecule has 1 rings (SSSR count). The summed E-state index contributed by atoms with van der Waals surface area (Å²) in [5, 5.41) is 1.19. The maximum absolute atomic E-state index is 12.0. The number of amides is 2. The Morgan fingerprint density at radius 3 is 2.17 bits per heavy atom. The number of nitrogens with zero attached hydrogens (tertiary/aromatic N) is 2. The average Bonchev–Trinajstić information content (AvgIpc) is 2.19. The van der Waals surface area contributed by atoms with Gasteiger partial charge in [-0.05, 0) is 27.7 Å². The van der Waals surface area contributed by atoms with E-state index in [9.17, 15) is 9.59 Å². The first-order chi connectivity index (χ1) is 8.09. The van der Waals surface area contributed by atoms with Gasteiger partial charge < -0.3 is 9.64 Å². The van der Waals surface area contributed by atoms with Gasteiger partial charge in [-0.3, -0.25) is 9.63 Å². The third kappa shape index (κ3) is 3.13. The van der Waals surface area contributed by atoms with Crippen molar-refractivity contribution in [3.05, 3.63) is 0 Å². The van der Waals surface area contributed by atoms with E-state index >= 15 is 0 Å². The molecule has 1 aliphatic heterocycles. The van der Waals surface area contributed by atoms with Crippen molar-refractivity contribution in [2.45, 2.75) is 33.3 Å². The number of hydrogen-bond acceptors (Lipinski definition) is 4. The zero-order valence-electron chi connectivity index (χ0n) is 11.9. The van der Waals surface area contributed by atoms with Crippen LogP contribution in [-0.4, -0.2) is 54.8 Å². The van der Waals surface area contributed by atoms with Crippen LogP contribution in [0, 0.1) is 5.41 Å². The second kappa shape index (κ2) is 4.76. The minimum absolute atomic E-state index is 0.134. The predicted molar refractivity (Wildman–Crippen MR) is 65.7 cm³/mol. The van der Waals surface area contributed by atoms with E-state index in [0.717, 1.165) is 0 Å². The Kier molecular flexibility index (Phi) is 3.90. The van der Waals surface area contributed by atoms with E-state index < -0.39 is 11.0 Å². The Bertz CT molecular complexity index is 342. The highest BCUT2D eigenvalue weighted by Gasteiger charge is 2.49. The van der Waals surface area contributed by atoms with Gasteiger partial charge in [0.1, 0.15) is 5.60 Å². The molecule has 0 saturated carbocycles. The van der Waals surface area contributed by atoms with Crippen LogP contribution in [0.4, 0.5) is 4.79 Å². The first-order valence-corrected chi connectivity index (χ1v) is 5.89. The van der Waals surface area contributed by atoms with Crippen molar-refractivity contribution in [2.75, 3.05) is 27.2 Å². The SMILES string of the molecule is CON(C)C(=O)C1(C)CN(C(=O)OC(C)(C)C)C1. The molecule has 0 aromatic rings. The van der Waals surface area contributed by atoms with Gasteiger partial charge in [0, 0.05) is 20.1 Å². The van der Waals surface area contributed by atoms with Gasteiger partial charge in [-0.1, -0.05) is 0 Å². The molecule has 0 aliphatic carbocycles. The van der Waals surface area contributed by atoms with Gasteiger partial charge in [-0.25, -0.2) is 9.86 Å². The summed E-state index contributed by atoms with van der Waals surface area (Å²) >= 11 is 0. The highest BCUT2D eigenvalue weighted by molar-refractivity contribution is 5.85. The van der Waals surface area contributed by atoms with Crippen LogP contribution in [0.5, 0.6) is 0 Å². The second-order valence-electron chi connectivity index (χ2n) is 5.88. The molecule has 104 valence electrons. The lowest BCUT2D eigenvalue weighted by Crippen LogP contribution is -2.63. The minimum atomic E-state index is -0.582. The molecule has 0 aromatic carbocycles. The summed E-state index contributed by atoms with van der Waals surface area (Å²) < 4.78 is 5.23. The van der Waals surface area contributed by atoms with Crippen molar-refractivity contribution >= 4 is 12.0 Å². The van der Waals surface area contributed by atoms with E-state index in [2.05, 4.69) is 0 Å². The van der Waals surface area contributed by atoms with Crippen molar-refractivity contribution in [1.82, 2.24) is 9.96 Å². The number of carbonyl (C=O) groups excluding carboxylic acids is 2. The fraction of sp³-hybridized carbons (Fsp3) is 0.833. The van der Waals surface area contributed by atoms with Gasteiger partial charge in [-0.2, -0.15) is 0 Å². The van der Waals surface area contributed by atoms with Crippen LogP contribution >= 0.6 is 0 Å². The van der Waals surface area contributed by atoms with Gasteiger partial charge >= 0.3 is 6.09 Å². The molecule has 1 fully saturated rings. The fourth-order valence-corrected chi connectivity index (χ4v) is 1.85. The summed E-state index contributed by atoms with van der Waals surface area (Å²) in [7, 11) is 3.00. The van der Waals surface area contributed by atoms with Crippen LogP contribution < -0.4 is 0 Å². The molecule has 0 aromatic heterocycles. The Labute approximate surface area is 108 Å². The van der Waals surface area contributed by atoms with Gasteiger partial charge in [0.05, 0.1) is 12.5 Å². The molecule has 0 N–H and O–H groups in total. The number of hydrogen-bond donors (Lipinski definition) is 0. The van der Waals surface area contributed by atoms with Gasteiger partial charge in [0.15, 0.2) is 0 Å². The van der Waals surface area contributed by atoms with E-state index in [1.807, 2.05) is 27.7 Å². The molecule has 2 amide bonds. The van der Waals surface area contributed by atoms with Gasteiger partial charge in [-0.15, -0.1) is 0 Å². The topological polar surface area (TPSA) is 59.1 Å². The Morgan fingerprint density at radius 1 is 1.28 bits per heavy atom. The fourth-order valence-electron chi connectivity index (χ4n) is 1.85. The van der Waals surface area contributed by atoms with Crippen molar-refractivity contribution in [3.8, 4) is 0 Å². The van der Waals surface area contributed by atoms with Gasteiger partial charge in [0.25, 0.3) is 5.91 Å². The normalized spacial score (nSPS) is 18.0. The molecule has 0 spiro atoms. The average molecular weight is 258 g/mol. The highest BCUT2D eigenvalue weighted by Crippen LogP contribution is 2.32. The Balaban J connectivity index is 2.52. The summed E-state index contributed by atoms with van der Waals surface area (Å²) in [5.41, 5.74) is -1.10.